The molecule has 0 aliphatic carbocycles. The molecule has 8 heteroatoms. The van der Waals surface area contributed by atoms with Crippen LogP contribution < -0.4 is 0 Å². The van der Waals surface area contributed by atoms with Gasteiger partial charge in [-0.15, -0.1) is 0 Å². The summed E-state index contributed by atoms with van der Waals surface area (Å²) in [6.45, 7) is 3.09. The van der Waals surface area contributed by atoms with Crippen LogP contribution in [-0.4, -0.2) is 65.4 Å². The first-order valence-corrected chi connectivity index (χ1v) is 9.28. The lowest BCUT2D eigenvalue weighted by Gasteiger charge is -2.08. The van der Waals surface area contributed by atoms with Crippen molar-refractivity contribution in [3.63, 3.8) is 0 Å². The Labute approximate surface area is 170 Å². The number of hydrogen-bond acceptors (Lipinski definition) is 7. The fraction of sp³-hybridized carbons (Fsp3) is 0.381. The van der Waals surface area contributed by atoms with Gasteiger partial charge in [-0.05, 0) is 71.1 Å². The van der Waals surface area contributed by atoms with E-state index in [1.54, 1.807) is 19.2 Å². The molecule has 0 atom stereocenters. The van der Waals surface area contributed by atoms with Gasteiger partial charge in [0.15, 0.2) is 6.29 Å². The van der Waals surface area contributed by atoms with Gasteiger partial charge in [-0.2, -0.15) is 0 Å². The molecule has 8 nitrogen and oxygen atoms in total. The Kier molecular flexibility index (Phi) is 10.8. The third kappa shape index (κ3) is 9.57. The molecule has 29 heavy (non-hydrogen) atoms. The van der Waals surface area contributed by atoms with Gasteiger partial charge in [0.2, 0.25) is 0 Å². The Bertz CT molecular complexity index is 808. The number of aryl methyl sites for hydroxylation is 1. The van der Waals surface area contributed by atoms with E-state index in [9.17, 15) is 14.4 Å². The van der Waals surface area contributed by atoms with E-state index >= 15 is 0 Å². The highest BCUT2D eigenvalue weighted by molar-refractivity contribution is 5.90. The molecule has 2 aromatic heterocycles. The lowest BCUT2D eigenvalue weighted by atomic mass is 10.1. The molecule has 0 aliphatic heterocycles. The van der Waals surface area contributed by atoms with Crippen LogP contribution in [0.5, 0.6) is 0 Å². The fourth-order valence-corrected chi connectivity index (χ4v) is 2.34. The first kappa shape index (κ1) is 23.9. The number of aromatic carboxylic acids is 1. The molecule has 2 heterocycles. The summed E-state index contributed by atoms with van der Waals surface area (Å²) in [5.74, 6) is -1.33. The number of nitrogens with zero attached hydrogens (tertiary/aromatic N) is 3. The van der Waals surface area contributed by atoms with Crippen LogP contribution >= 0.6 is 0 Å². The van der Waals surface area contributed by atoms with Crippen molar-refractivity contribution in [1.29, 1.82) is 0 Å². The van der Waals surface area contributed by atoms with Gasteiger partial charge in [0.1, 0.15) is 5.69 Å². The van der Waals surface area contributed by atoms with Crippen molar-refractivity contribution >= 4 is 18.2 Å². The summed E-state index contributed by atoms with van der Waals surface area (Å²) in [6.07, 6.45) is 6.53. The van der Waals surface area contributed by atoms with Gasteiger partial charge in [-0.25, -0.2) is 9.59 Å². The van der Waals surface area contributed by atoms with Gasteiger partial charge in [0, 0.05) is 18.1 Å². The molecule has 0 radical (unpaired) electrons. The van der Waals surface area contributed by atoms with Crippen LogP contribution in [-0.2, 0) is 11.2 Å². The maximum absolute atomic E-state index is 11.1. The van der Waals surface area contributed by atoms with E-state index in [0.717, 1.165) is 31.5 Å². The molecular weight excluding hydrogens is 374 g/mol. The summed E-state index contributed by atoms with van der Waals surface area (Å²) in [5, 5.41) is 8.82. The number of carboxylic acids is 1. The molecule has 0 amide bonds. The van der Waals surface area contributed by atoms with Gasteiger partial charge in [0.25, 0.3) is 0 Å². The van der Waals surface area contributed by atoms with Crippen LogP contribution in [0.2, 0.25) is 0 Å². The molecule has 2 rings (SSSR count). The van der Waals surface area contributed by atoms with Crippen LogP contribution in [0.25, 0.3) is 0 Å². The molecule has 0 spiro atoms. The monoisotopic (exact) mass is 401 g/mol. The van der Waals surface area contributed by atoms with E-state index in [0.29, 0.717) is 24.0 Å². The molecule has 0 unspecified atom stereocenters. The first-order chi connectivity index (χ1) is 13.9. The molecule has 0 bridgehead atoms. The number of carboxylic acid groups (broad SMARTS) is 1. The minimum atomic E-state index is -0.892. The third-order valence-electron chi connectivity index (χ3n) is 3.76. The third-order valence-corrected chi connectivity index (χ3v) is 3.76. The average Bonchev–Trinajstić information content (AvgIpc) is 2.72. The largest absolute Gasteiger partial charge is 0.478 e. The van der Waals surface area contributed by atoms with Crippen molar-refractivity contribution in [1.82, 2.24) is 14.9 Å². The molecule has 0 saturated carbocycles. The fourth-order valence-electron chi connectivity index (χ4n) is 2.34. The van der Waals surface area contributed by atoms with E-state index in [1.165, 1.54) is 24.4 Å². The van der Waals surface area contributed by atoms with Crippen molar-refractivity contribution < 1.29 is 24.2 Å². The Balaban J connectivity index is 0.000000296. The SMILES string of the molecule is CCOC(=O)c1ccnc(C=O)c1.CN(C)CCCCc1cc(C(=O)O)ccn1. The van der Waals surface area contributed by atoms with Gasteiger partial charge in [-0.1, -0.05) is 0 Å². The highest BCUT2D eigenvalue weighted by Crippen LogP contribution is 2.06. The molecule has 0 aliphatic rings. The lowest BCUT2D eigenvalue weighted by molar-refractivity contribution is 0.0525. The van der Waals surface area contributed by atoms with E-state index < -0.39 is 11.9 Å². The highest BCUT2D eigenvalue weighted by Gasteiger charge is 2.06. The van der Waals surface area contributed by atoms with Gasteiger partial charge in [0.05, 0.1) is 17.7 Å². The molecule has 0 saturated heterocycles. The summed E-state index contributed by atoms with van der Waals surface area (Å²) < 4.78 is 4.74. The van der Waals surface area contributed by atoms with Crippen molar-refractivity contribution in [3.8, 4) is 0 Å². The van der Waals surface area contributed by atoms with Crippen molar-refractivity contribution in [2.75, 3.05) is 27.2 Å². The van der Waals surface area contributed by atoms with E-state index in [4.69, 9.17) is 9.84 Å². The van der Waals surface area contributed by atoms with E-state index in [2.05, 4.69) is 14.9 Å². The predicted molar refractivity (Wildman–Crippen MR) is 108 cm³/mol. The van der Waals surface area contributed by atoms with Gasteiger partial charge < -0.3 is 14.7 Å². The number of pyridine rings is 2. The Morgan fingerprint density at radius 3 is 2.41 bits per heavy atom. The van der Waals surface area contributed by atoms with Gasteiger partial charge >= 0.3 is 11.9 Å². The highest BCUT2D eigenvalue weighted by atomic mass is 16.5. The maximum atomic E-state index is 11.1. The lowest BCUT2D eigenvalue weighted by Crippen LogP contribution is -2.13. The number of carbonyl (C=O) groups is 3. The molecule has 0 fully saturated rings. The average molecular weight is 401 g/mol. The van der Waals surface area contributed by atoms with E-state index in [-0.39, 0.29) is 5.69 Å². The van der Waals surface area contributed by atoms with E-state index in [1.807, 2.05) is 14.1 Å². The Hall–Kier alpha value is -3.13. The zero-order valence-corrected chi connectivity index (χ0v) is 17.0. The molecule has 1 N–H and O–H groups in total. The Morgan fingerprint density at radius 2 is 1.79 bits per heavy atom. The molecule has 2 aromatic rings. The van der Waals surface area contributed by atoms with Crippen molar-refractivity contribution in [2.24, 2.45) is 0 Å². The quantitative estimate of drug-likeness (QED) is 0.388. The van der Waals surface area contributed by atoms with Crippen LogP contribution in [0.15, 0.2) is 36.7 Å². The second-order valence-electron chi connectivity index (χ2n) is 6.41. The normalized spacial score (nSPS) is 10.1. The number of esters is 1. The van der Waals surface area contributed by atoms with Gasteiger partial charge in [-0.3, -0.25) is 14.8 Å². The Morgan fingerprint density at radius 1 is 1.10 bits per heavy atom. The number of aldehydes is 1. The number of rotatable bonds is 9. The maximum Gasteiger partial charge on any atom is 0.338 e. The van der Waals surface area contributed by atoms with Crippen LogP contribution in [0.1, 0.15) is 56.7 Å². The minimum Gasteiger partial charge on any atom is -0.478 e. The molecule has 156 valence electrons. The minimum absolute atomic E-state index is 0.227. The topological polar surface area (TPSA) is 110 Å². The van der Waals surface area contributed by atoms with Crippen molar-refractivity contribution in [3.05, 3.63) is 59.2 Å². The number of ether oxygens (including phenoxy) is 1. The standard InChI is InChI=1S/C12H18N2O2.C9H9NO3/c1-14(2)8-4-3-5-11-9-10(12(15)16)6-7-13-11;1-2-13-9(12)7-3-4-10-8(5-7)6-11/h6-7,9H,3-5,8H2,1-2H3,(H,15,16);3-6H,2H2,1H3. The second-order valence-corrected chi connectivity index (χ2v) is 6.41. The zero-order valence-electron chi connectivity index (χ0n) is 17.0. The summed E-state index contributed by atoms with van der Waals surface area (Å²) in [5.41, 5.74) is 1.75. The molecule has 0 aromatic carbocycles. The van der Waals surface area contributed by atoms with Crippen LogP contribution in [0.3, 0.4) is 0 Å². The predicted octanol–water partition coefficient (Wildman–Crippen LogP) is 2.73. The summed E-state index contributed by atoms with van der Waals surface area (Å²) in [7, 11) is 4.09. The second kappa shape index (κ2) is 13.1. The molecular formula is C21H27N3O5. The van der Waals surface area contributed by atoms with Crippen LogP contribution in [0, 0.1) is 0 Å². The zero-order chi connectivity index (χ0) is 21.6. The summed E-state index contributed by atoms with van der Waals surface area (Å²) >= 11 is 0. The number of unbranched alkanes of at least 4 members (excludes halogenated alkanes) is 1. The number of carbonyl (C=O) groups excluding carboxylic acids is 2. The number of hydrogen-bond donors (Lipinski definition) is 1. The summed E-state index contributed by atoms with van der Waals surface area (Å²) in [6, 6.07) is 6.07. The first-order valence-electron chi connectivity index (χ1n) is 9.28. The smallest absolute Gasteiger partial charge is 0.338 e. The van der Waals surface area contributed by atoms with Crippen LogP contribution in [0.4, 0.5) is 0 Å². The number of aromatic nitrogens is 2. The summed E-state index contributed by atoms with van der Waals surface area (Å²) in [4.78, 5) is 42.2. The van der Waals surface area contributed by atoms with Crippen molar-refractivity contribution in [2.45, 2.75) is 26.2 Å².